The third kappa shape index (κ3) is 3.52. The first kappa shape index (κ1) is 20.0. The molecular formula is C21H22ClNO5. The molecule has 1 aliphatic heterocycles. The fourth-order valence-electron chi connectivity index (χ4n) is 3.35. The van der Waals surface area contributed by atoms with Crippen LogP contribution < -0.4 is 4.74 Å². The number of rotatable bonds is 6. The lowest BCUT2D eigenvalue weighted by Gasteiger charge is -2.23. The average Bonchev–Trinajstić information content (AvgIpc) is 3.21. The summed E-state index contributed by atoms with van der Waals surface area (Å²) >= 11 is 6.07. The fraction of sp³-hybridized carbons (Fsp3) is 0.333. The van der Waals surface area contributed by atoms with E-state index in [9.17, 15) is 14.7 Å². The number of hydrogen-bond donors (Lipinski definition) is 1. The van der Waals surface area contributed by atoms with Crippen LogP contribution in [-0.2, 0) is 9.59 Å². The van der Waals surface area contributed by atoms with Gasteiger partial charge >= 0.3 is 0 Å². The second-order valence-corrected chi connectivity index (χ2v) is 7.08. The van der Waals surface area contributed by atoms with Gasteiger partial charge in [0.2, 0.25) is 0 Å². The van der Waals surface area contributed by atoms with Crippen molar-refractivity contribution in [2.45, 2.75) is 32.7 Å². The maximum Gasteiger partial charge on any atom is 0.295 e. The zero-order valence-electron chi connectivity index (χ0n) is 16.0. The minimum atomic E-state index is -0.802. The van der Waals surface area contributed by atoms with Crippen LogP contribution in [0.2, 0.25) is 5.02 Å². The van der Waals surface area contributed by atoms with Crippen LogP contribution in [0.15, 0.2) is 40.3 Å². The smallest absolute Gasteiger partial charge is 0.295 e. The lowest BCUT2D eigenvalue weighted by Crippen LogP contribution is -2.30. The number of carbonyl (C=O) groups excluding carboxylic acids is 2. The summed E-state index contributed by atoms with van der Waals surface area (Å²) < 4.78 is 11.0. The molecule has 3 rings (SSSR count). The second kappa shape index (κ2) is 8.10. The summed E-state index contributed by atoms with van der Waals surface area (Å²) in [6.07, 6.45) is 1.58. The number of ether oxygens (including phenoxy) is 1. The Balaban J connectivity index is 2.21. The van der Waals surface area contributed by atoms with Crippen LogP contribution in [0.3, 0.4) is 0 Å². The molecule has 1 atom stereocenters. The molecule has 148 valence electrons. The average molecular weight is 404 g/mol. The van der Waals surface area contributed by atoms with E-state index >= 15 is 0 Å². The van der Waals surface area contributed by atoms with Gasteiger partial charge in [-0.3, -0.25) is 9.59 Å². The van der Waals surface area contributed by atoms with Gasteiger partial charge in [-0.15, -0.1) is 0 Å². The van der Waals surface area contributed by atoms with E-state index < -0.39 is 17.7 Å². The number of unbranched alkanes of at least 4 members (excludes halogenated alkanes) is 1. The molecule has 0 spiro atoms. The number of amides is 1. The number of nitrogens with zero attached hydrogens (tertiary/aromatic N) is 1. The van der Waals surface area contributed by atoms with Crippen molar-refractivity contribution < 1.29 is 23.8 Å². The van der Waals surface area contributed by atoms with Gasteiger partial charge in [0.25, 0.3) is 11.7 Å². The molecule has 6 nitrogen and oxygen atoms in total. The Morgan fingerprint density at radius 3 is 2.64 bits per heavy atom. The number of ketones is 1. The van der Waals surface area contributed by atoms with E-state index in [2.05, 4.69) is 0 Å². The van der Waals surface area contributed by atoms with Crippen molar-refractivity contribution in [3.8, 4) is 5.75 Å². The summed E-state index contributed by atoms with van der Waals surface area (Å²) in [6.45, 7) is 4.16. The maximum atomic E-state index is 12.8. The van der Waals surface area contributed by atoms with Gasteiger partial charge in [-0.2, -0.15) is 0 Å². The number of methoxy groups -OCH3 is 1. The molecular weight excluding hydrogens is 382 g/mol. The molecule has 1 unspecified atom stereocenters. The van der Waals surface area contributed by atoms with Crippen LogP contribution in [0.5, 0.6) is 5.75 Å². The van der Waals surface area contributed by atoms with Gasteiger partial charge in [-0.25, -0.2) is 0 Å². The number of aliphatic hydroxyl groups excluding tert-OH is 1. The van der Waals surface area contributed by atoms with Crippen LogP contribution in [-0.4, -0.2) is 35.4 Å². The summed E-state index contributed by atoms with van der Waals surface area (Å²) in [5.41, 5.74) is 0.216. The van der Waals surface area contributed by atoms with Crippen molar-refractivity contribution in [3.63, 3.8) is 0 Å². The maximum absolute atomic E-state index is 12.8. The van der Waals surface area contributed by atoms with Gasteiger partial charge in [0.1, 0.15) is 29.1 Å². The standard InChI is InChI=1S/C21H22ClNO5/c1-4-5-10-23-18(16-8-6-12(2)28-16)17(20(25)21(23)26)19(24)14-11-13(22)7-9-15(14)27-3/h6-9,11,18,24H,4-5,10H2,1-3H3/b19-17+. The number of benzene rings is 1. The molecule has 1 N–H and O–H groups in total. The molecule has 1 amide bonds. The highest BCUT2D eigenvalue weighted by molar-refractivity contribution is 6.46. The van der Waals surface area contributed by atoms with E-state index in [0.29, 0.717) is 28.8 Å². The van der Waals surface area contributed by atoms with Crippen molar-refractivity contribution in [2.24, 2.45) is 0 Å². The van der Waals surface area contributed by atoms with Crippen LogP contribution in [0, 0.1) is 6.92 Å². The minimum absolute atomic E-state index is 0.0315. The first-order chi connectivity index (χ1) is 13.4. The molecule has 0 bridgehead atoms. The third-order valence-electron chi connectivity index (χ3n) is 4.74. The summed E-state index contributed by atoms with van der Waals surface area (Å²) in [7, 11) is 1.45. The fourth-order valence-corrected chi connectivity index (χ4v) is 3.52. The molecule has 1 saturated heterocycles. The number of halogens is 1. The molecule has 0 radical (unpaired) electrons. The highest BCUT2D eigenvalue weighted by Crippen LogP contribution is 2.41. The third-order valence-corrected chi connectivity index (χ3v) is 4.97. The molecule has 7 heteroatoms. The Morgan fingerprint density at radius 2 is 2.04 bits per heavy atom. The number of hydrogen-bond acceptors (Lipinski definition) is 5. The van der Waals surface area contributed by atoms with Crippen LogP contribution in [0.25, 0.3) is 5.76 Å². The molecule has 0 saturated carbocycles. The Labute approximate surface area is 168 Å². The molecule has 1 fully saturated rings. The van der Waals surface area contributed by atoms with E-state index in [-0.39, 0.29) is 16.9 Å². The van der Waals surface area contributed by atoms with Gasteiger partial charge in [-0.05, 0) is 43.7 Å². The lowest BCUT2D eigenvalue weighted by atomic mass is 9.98. The normalized spacial score (nSPS) is 18.7. The highest BCUT2D eigenvalue weighted by atomic mass is 35.5. The topological polar surface area (TPSA) is 80.0 Å². The Kier molecular flexibility index (Phi) is 5.79. The number of aliphatic hydroxyl groups is 1. The van der Waals surface area contributed by atoms with E-state index in [1.807, 2.05) is 6.92 Å². The van der Waals surface area contributed by atoms with E-state index in [1.54, 1.807) is 31.2 Å². The van der Waals surface area contributed by atoms with Crippen molar-refractivity contribution in [1.82, 2.24) is 4.90 Å². The number of furan rings is 1. The number of carbonyl (C=O) groups is 2. The van der Waals surface area contributed by atoms with E-state index in [0.717, 1.165) is 12.8 Å². The largest absolute Gasteiger partial charge is 0.507 e. The second-order valence-electron chi connectivity index (χ2n) is 6.64. The van der Waals surface area contributed by atoms with Gasteiger partial charge in [0.15, 0.2) is 0 Å². The van der Waals surface area contributed by atoms with Crippen LogP contribution in [0.1, 0.15) is 42.9 Å². The first-order valence-corrected chi connectivity index (χ1v) is 9.45. The van der Waals surface area contributed by atoms with Gasteiger partial charge < -0.3 is 19.2 Å². The van der Waals surface area contributed by atoms with Crippen LogP contribution >= 0.6 is 11.6 Å². The summed E-state index contributed by atoms with van der Waals surface area (Å²) in [4.78, 5) is 27.0. The minimum Gasteiger partial charge on any atom is -0.507 e. The molecule has 2 heterocycles. The number of likely N-dealkylation sites (tertiary alicyclic amines) is 1. The molecule has 1 aromatic heterocycles. The molecule has 2 aromatic rings. The lowest BCUT2D eigenvalue weighted by molar-refractivity contribution is -0.140. The monoisotopic (exact) mass is 403 g/mol. The summed E-state index contributed by atoms with van der Waals surface area (Å²) in [5.74, 6) is -0.330. The van der Waals surface area contributed by atoms with Gasteiger partial charge in [-0.1, -0.05) is 24.9 Å². The van der Waals surface area contributed by atoms with E-state index in [4.69, 9.17) is 20.8 Å². The predicted molar refractivity (Wildman–Crippen MR) is 105 cm³/mol. The predicted octanol–water partition coefficient (Wildman–Crippen LogP) is 4.47. The van der Waals surface area contributed by atoms with E-state index in [1.165, 1.54) is 18.1 Å². The first-order valence-electron chi connectivity index (χ1n) is 9.07. The SMILES string of the molecule is CCCCN1C(=O)C(=O)/C(=C(/O)c2cc(Cl)ccc2OC)C1c1ccc(C)o1. The molecule has 1 aliphatic rings. The zero-order valence-corrected chi connectivity index (χ0v) is 16.7. The Bertz CT molecular complexity index is 946. The van der Waals surface area contributed by atoms with Crippen molar-refractivity contribution in [2.75, 3.05) is 13.7 Å². The molecule has 1 aromatic carbocycles. The van der Waals surface area contributed by atoms with Crippen molar-refractivity contribution in [1.29, 1.82) is 0 Å². The number of aryl methyl sites for hydroxylation is 1. The Hall–Kier alpha value is -2.73. The number of Topliss-reactive ketones (excluding diaryl/α,β-unsaturated/α-hetero) is 1. The van der Waals surface area contributed by atoms with Gasteiger partial charge in [0, 0.05) is 11.6 Å². The summed E-state index contributed by atoms with van der Waals surface area (Å²) in [6, 6.07) is 7.38. The van der Waals surface area contributed by atoms with Crippen LogP contribution in [0.4, 0.5) is 0 Å². The van der Waals surface area contributed by atoms with Crippen molar-refractivity contribution in [3.05, 3.63) is 58.0 Å². The summed E-state index contributed by atoms with van der Waals surface area (Å²) in [5, 5.41) is 11.4. The van der Waals surface area contributed by atoms with Crippen molar-refractivity contribution >= 4 is 29.1 Å². The molecule has 0 aliphatic carbocycles. The van der Waals surface area contributed by atoms with Gasteiger partial charge in [0.05, 0.1) is 18.2 Å². The molecule has 28 heavy (non-hydrogen) atoms. The Morgan fingerprint density at radius 1 is 1.29 bits per heavy atom. The highest BCUT2D eigenvalue weighted by Gasteiger charge is 2.47. The quantitative estimate of drug-likeness (QED) is 0.437. The zero-order chi connectivity index (χ0) is 20.4.